The van der Waals surface area contributed by atoms with E-state index in [9.17, 15) is 9.59 Å². The molecule has 6 rings (SSSR count). The first kappa shape index (κ1) is 33.1. The molecule has 0 fully saturated rings. The summed E-state index contributed by atoms with van der Waals surface area (Å²) >= 11 is 12.1. The van der Waals surface area contributed by atoms with E-state index in [1.54, 1.807) is 0 Å². The number of hydrogen-bond acceptors (Lipinski definition) is 4. The highest BCUT2D eigenvalue weighted by Gasteiger charge is 2.15. The molecule has 0 radical (unpaired) electrons. The molecule has 0 saturated heterocycles. The summed E-state index contributed by atoms with van der Waals surface area (Å²) in [7, 11) is 0. The van der Waals surface area contributed by atoms with Gasteiger partial charge in [0.25, 0.3) is 11.8 Å². The van der Waals surface area contributed by atoms with Crippen LogP contribution in [0, 0.1) is 0 Å². The largest absolute Gasteiger partial charge is 0.352 e. The summed E-state index contributed by atoms with van der Waals surface area (Å²) in [5.41, 5.74) is 6.10. The molecule has 2 amide bonds. The first-order valence-corrected chi connectivity index (χ1v) is 17.1. The average molecular weight is 676 g/mol. The summed E-state index contributed by atoms with van der Waals surface area (Å²) in [4.78, 5) is 36.0. The van der Waals surface area contributed by atoms with Gasteiger partial charge in [0.1, 0.15) is 0 Å². The van der Waals surface area contributed by atoms with Gasteiger partial charge >= 0.3 is 0 Å². The van der Waals surface area contributed by atoms with Gasteiger partial charge in [-0.05, 0) is 61.4 Å². The van der Waals surface area contributed by atoms with Crippen LogP contribution in [0.15, 0.2) is 109 Å². The SMILES string of the molecule is O=C(NCCCCCCCCNC(=O)c1cc(-c2ccc(Cl)cc2)nc2ccccc12)c1cc(-c2ccc(Cl)cc2)nc2ccccc12. The van der Waals surface area contributed by atoms with Crippen LogP contribution in [0.1, 0.15) is 59.2 Å². The number of nitrogens with zero attached hydrogens (tertiary/aromatic N) is 2. The van der Waals surface area contributed by atoms with Gasteiger partial charge in [-0.15, -0.1) is 0 Å². The maximum Gasteiger partial charge on any atom is 0.252 e. The molecule has 0 aliphatic rings. The minimum Gasteiger partial charge on any atom is -0.352 e. The van der Waals surface area contributed by atoms with Crippen LogP contribution in [0.3, 0.4) is 0 Å². The molecule has 0 bridgehead atoms. The molecular formula is C40H36Cl2N4O2. The van der Waals surface area contributed by atoms with Crippen molar-refractivity contribution in [1.29, 1.82) is 0 Å². The standard InChI is InChI=1S/C40H36Cl2N4O2/c41-29-19-15-27(16-20-29)37-25-33(31-11-5-7-13-35(31)45-37)39(47)43-23-9-3-1-2-4-10-24-44-40(48)34-26-38(28-17-21-30(42)22-18-28)46-36-14-8-6-12-32(34)36/h5-8,11-22,25-26H,1-4,9-10,23-24H2,(H,43,47)(H,44,48). The van der Waals surface area contributed by atoms with Crippen LogP contribution < -0.4 is 10.6 Å². The number of pyridine rings is 2. The summed E-state index contributed by atoms with van der Waals surface area (Å²) in [5.74, 6) is -0.191. The highest BCUT2D eigenvalue weighted by atomic mass is 35.5. The number of carbonyl (C=O) groups excluding carboxylic acids is 2. The van der Waals surface area contributed by atoms with Crippen LogP contribution in [-0.4, -0.2) is 34.9 Å². The highest BCUT2D eigenvalue weighted by molar-refractivity contribution is 6.31. The third-order valence-electron chi connectivity index (χ3n) is 8.38. The minimum absolute atomic E-state index is 0.0955. The molecular weight excluding hydrogens is 639 g/mol. The third kappa shape index (κ3) is 8.19. The van der Waals surface area contributed by atoms with Crippen LogP contribution in [0.25, 0.3) is 44.3 Å². The summed E-state index contributed by atoms with van der Waals surface area (Å²) in [6, 6.07) is 34.1. The molecule has 4 aromatic carbocycles. The summed E-state index contributed by atoms with van der Waals surface area (Å²) in [6.45, 7) is 1.22. The van der Waals surface area contributed by atoms with Crippen molar-refractivity contribution in [2.24, 2.45) is 0 Å². The van der Waals surface area contributed by atoms with Crippen molar-refractivity contribution in [3.8, 4) is 22.5 Å². The van der Waals surface area contributed by atoms with E-state index in [0.717, 1.165) is 82.8 Å². The van der Waals surface area contributed by atoms with Gasteiger partial charge < -0.3 is 10.6 Å². The molecule has 0 aliphatic heterocycles. The van der Waals surface area contributed by atoms with Crippen molar-refractivity contribution in [2.45, 2.75) is 38.5 Å². The van der Waals surface area contributed by atoms with E-state index in [2.05, 4.69) is 10.6 Å². The van der Waals surface area contributed by atoms with Crippen LogP contribution >= 0.6 is 23.2 Å². The van der Waals surface area contributed by atoms with Gasteiger partial charge in [0.15, 0.2) is 0 Å². The van der Waals surface area contributed by atoms with E-state index >= 15 is 0 Å². The molecule has 6 aromatic rings. The van der Waals surface area contributed by atoms with Gasteiger partial charge in [-0.1, -0.05) is 110 Å². The number of rotatable bonds is 13. The number of para-hydroxylation sites is 2. The molecule has 0 unspecified atom stereocenters. The van der Waals surface area contributed by atoms with Crippen LogP contribution in [0.5, 0.6) is 0 Å². The first-order chi connectivity index (χ1) is 23.5. The Morgan fingerprint density at radius 2 is 0.875 bits per heavy atom. The lowest BCUT2D eigenvalue weighted by atomic mass is 10.0. The summed E-state index contributed by atoms with van der Waals surface area (Å²) in [6.07, 6.45) is 6.00. The Bertz CT molecular complexity index is 1900. The van der Waals surface area contributed by atoms with Gasteiger partial charge in [-0.3, -0.25) is 9.59 Å². The molecule has 6 nitrogen and oxygen atoms in total. The number of hydrogen-bond donors (Lipinski definition) is 2. The Kier molecular flexibility index (Phi) is 11.0. The molecule has 0 aliphatic carbocycles. The van der Waals surface area contributed by atoms with Crippen molar-refractivity contribution < 1.29 is 9.59 Å². The zero-order valence-corrected chi connectivity index (χ0v) is 28.0. The fourth-order valence-electron chi connectivity index (χ4n) is 5.81. The second-order valence-electron chi connectivity index (χ2n) is 11.8. The summed E-state index contributed by atoms with van der Waals surface area (Å²) < 4.78 is 0. The number of benzene rings is 4. The fraction of sp³-hybridized carbons (Fsp3) is 0.200. The number of halogens is 2. The van der Waals surface area contributed by atoms with Gasteiger partial charge in [0.2, 0.25) is 0 Å². The second kappa shape index (κ2) is 15.9. The van der Waals surface area contributed by atoms with Crippen LogP contribution in [0.2, 0.25) is 10.0 Å². The molecule has 0 spiro atoms. The zero-order valence-electron chi connectivity index (χ0n) is 26.5. The Balaban J connectivity index is 0.937. The Morgan fingerprint density at radius 1 is 0.500 bits per heavy atom. The Morgan fingerprint density at radius 3 is 1.29 bits per heavy atom. The molecule has 8 heteroatoms. The van der Waals surface area contributed by atoms with Crippen molar-refractivity contribution in [3.63, 3.8) is 0 Å². The predicted molar refractivity (Wildman–Crippen MR) is 197 cm³/mol. The van der Waals surface area contributed by atoms with Crippen LogP contribution in [-0.2, 0) is 0 Å². The van der Waals surface area contributed by atoms with E-state index in [0.29, 0.717) is 34.3 Å². The van der Waals surface area contributed by atoms with Crippen LogP contribution in [0.4, 0.5) is 0 Å². The molecule has 242 valence electrons. The molecule has 0 saturated carbocycles. The van der Waals surface area contributed by atoms with E-state index in [4.69, 9.17) is 33.2 Å². The summed E-state index contributed by atoms with van der Waals surface area (Å²) in [5, 5.41) is 9.18. The average Bonchev–Trinajstić information content (AvgIpc) is 3.11. The number of fused-ring (bicyclic) bond motifs is 2. The minimum atomic E-state index is -0.0955. The van der Waals surface area contributed by atoms with E-state index in [-0.39, 0.29) is 11.8 Å². The lowest BCUT2D eigenvalue weighted by Gasteiger charge is -2.11. The molecule has 0 atom stereocenters. The van der Waals surface area contributed by atoms with Gasteiger partial charge in [0, 0.05) is 45.0 Å². The first-order valence-electron chi connectivity index (χ1n) is 16.3. The maximum atomic E-state index is 13.2. The van der Waals surface area contributed by atoms with E-state index in [1.165, 1.54) is 0 Å². The van der Waals surface area contributed by atoms with Crippen molar-refractivity contribution in [2.75, 3.05) is 13.1 Å². The lowest BCUT2D eigenvalue weighted by molar-refractivity contribution is 0.0946. The molecule has 48 heavy (non-hydrogen) atoms. The van der Waals surface area contributed by atoms with Gasteiger partial charge in [-0.2, -0.15) is 0 Å². The Hall–Kier alpha value is -4.78. The number of aromatic nitrogens is 2. The number of nitrogens with one attached hydrogen (secondary N) is 2. The lowest BCUT2D eigenvalue weighted by Crippen LogP contribution is -2.25. The van der Waals surface area contributed by atoms with Crippen molar-refractivity contribution in [3.05, 3.63) is 130 Å². The Labute approximate surface area is 290 Å². The zero-order chi connectivity index (χ0) is 33.3. The molecule has 2 N–H and O–H groups in total. The molecule has 2 aromatic heterocycles. The monoisotopic (exact) mass is 674 g/mol. The second-order valence-corrected chi connectivity index (χ2v) is 12.7. The normalized spacial score (nSPS) is 11.1. The predicted octanol–water partition coefficient (Wildman–Crippen LogP) is 9.92. The fourth-order valence-corrected chi connectivity index (χ4v) is 6.07. The number of amides is 2. The quantitative estimate of drug-likeness (QED) is 0.119. The number of carbonyl (C=O) groups is 2. The van der Waals surface area contributed by atoms with Gasteiger partial charge in [-0.25, -0.2) is 9.97 Å². The van der Waals surface area contributed by atoms with Crippen molar-refractivity contribution >= 4 is 56.8 Å². The van der Waals surface area contributed by atoms with E-state index in [1.807, 2.05) is 109 Å². The third-order valence-corrected chi connectivity index (χ3v) is 8.88. The maximum absolute atomic E-state index is 13.2. The van der Waals surface area contributed by atoms with E-state index < -0.39 is 0 Å². The highest BCUT2D eigenvalue weighted by Crippen LogP contribution is 2.27. The topological polar surface area (TPSA) is 84.0 Å². The van der Waals surface area contributed by atoms with Gasteiger partial charge in [0.05, 0.1) is 33.5 Å². The van der Waals surface area contributed by atoms with Crippen molar-refractivity contribution in [1.82, 2.24) is 20.6 Å². The number of unbranched alkanes of at least 4 members (excludes halogenated alkanes) is 5. The smallest absolute Gasteiger partial charge is 0.252 e. The molecule has 2 heterocycles.